The van der Waals surface area contributed by atoms with E-state index < -0.39 is 28.5 Å². The molecule has 0 rings (SSSR count). The van der Waals surface area contributed by atoms with Gasteiger partial charge in [0.2, 0.25) is 5.91 Å². The van der Waals surface area contributed by atoms with Crippen molar-refractivity contribution in [3.05, 3.63) is 41.5 Å². The number of carbonyl (C=O) groups excluding carboxylic acids is 2. The van der Waals surface area contributed by atoms with E-state index in [1.165, 1.54) is 12.2 Å². The highest BCUT2D eigenvalue weighted by molar-refractivity contribution is 5.97. The van der Waals surface area contributed by atoms with Crippen LogP contribution in [0.4, 0.5) is 0 Å². The minimum absolute atomic E-state index is 0.101. The topological polar surface area (TPSA) is 149 Å². The number of hydrazine groups is 1. The summed E-state index contributed by atoms with van der Waals surface area (Å²) in [5.74, 6) is -1.66. The zero-order chi connectivity index (χ0) is 20.2. The van der Waals surface area contributed by atoms with Crippen molar-refractivity contribution in [2.75, 3.05) is 0 Å². The maximum atomic E-state index is 12.7. The molecular weight excluding hydrogens is 340 g/mol. The first-order chi connectivity index (χ1) is 12.2. The van der Waals surface area contributed by atoms with Crippen molar-refractivity contribution in [3.63, 3.8) is 0 Å². The number of nitrogens with one attached hydrogen (secondary N) is 5. The van der Waals surface area contributed by atoms with Gasteiger partial charge < -0.3 is 16.0 Å². The molecule has 0 aliphatic heterocycles. The monoisotopic (exact) mass is 367 g/mol. The van der Waals surface area contributed by atoms with E-state index in [-0.39, 0.29) is 6.42 Å². The highest BCUT2D eigenvalue weighted by Crippen LogP contribution is 2.12. The van der Waals surface area contributed by atoms with Crippen molar-refractivity contribution >= 4 is 17.8 Å². The third-order valence-electron chi connectivity index (χ3n) is 3.10. The summed E-state index contributed by atoms with van der Waals surface area (Å²) >= 11 is 0. The lowest BCUT2D eigenvalue weighted by Gasteiger charge is -2.33. The summed E-state index contributed by atoms with van der Waals surface area (Å²) in [5, 5.41) is 24.7. The van der Waals surface area contributed by atoms with Gasteiger partial charge in [-0.2, -0.15) is 0 Å². The summed E-state index contributed by atoms with van der Waals surface area (Å²) in [7, 11) is 0. The number of amides is 2. The molecule has 0 bridgehead atoms. The average Bonchev–Trinajstić information content (AvgIpc) is 2.51. The molecule has 10 nitrogen and oxygen atoms in total. The van der Waals surface area contributed by atoms with Crippen LogP contribution < -0.4 is 21.4 Å². The number of hydrogen-bond acceptors (Lipinski definition) is 5. The van der Waals surface area contributed by atoms with E-state index in [4.69, 9.17) is 5.41 Å². The summed E-state index contributed by atoms with van der Waals surface area (Å²) in [6, 6.07) is 0. The minimum Gasteiger partial charge on any atom is -0.348 e. The van der Waals surface area contributed by atoms with Gasteiger partial charge in [-0.05, 0) is 18.8 Å². The molecule has 0 saturated heterocycles. The van der Waals surface area contributed by atoms with Crippen LogP contribution in [0.25, 0.3) is 0 Å². The zero-order valence-corrected chi connectivity index (χ0v) is 15.3. The molecule has 5 N–H and O–H groups in total. The molecular formula is C16H27N6O4. The first-order valence-electron chi connectivity index (χ1n) is 8.18. The molecule has 0 aromatic heterocycles. The quantitative estimate of drug-likeness (QED) is 0.0698. The fourth-order valence-electron chi connectivity index (χ4n) is 2.01. The van der Waals surface area contributed by atoms with E-state index >= 15 is 0 Å². The van der Waals surface area contributed by atoms with Crippen LogP contribution in [0.3, 0.4) is 0 Å². The standard InChI is InChI=1S/C16H27N6O4/c1-5-7-8-13(23)19-16(10-6-2,20-15(17)21-22(25)26)14(24)18-11-9-12(3)4/h5,7-8,11-12H,1,6,9-10H2,2-4H3,(H,18,24)(H,19,23)(H3,17,20,21)/b8-7+/t16-/m1/s1. The summed E-state index contributed by atoms with van der Waals surface area (Å²) in [6.45, 7) is 10.7. The lowest BCUT2D eigenvalue weighted by Crippen LogP contribution is -2.69. The van der Waals surface area contributed by atoms with Gasteiger partial charge in [0.15, 0.2) is 10.7 Å². The molecule has 0 fully saturated rings. The van der Waals surface area contributed by atoms with Gasteiger partial charge in [-0.15, -0.1) is 0 Å². The van der Waals surface area contributed by atoms with Crippen LogP contribution in [0.5, 0.6) is 0 Å². The van der Waals surface area contributed by atoms with Crippen LogP contribution in [0.15, 0.2) is 24.8 Å². The molecule has 1 radical (unpaired) electrons. The summed E-state index contributed by atoms with van der Waals surface area (Å²) in [6.07, 6.45) is 5.10. The maximum absolute atomic E-state index is 12.7. The SMILES string of the molecule is C=C/C=C/C(=O)N[C@](CCC)(NC(=N)N[N+](=O)[O-])C(=O)N[CH]CC(C)C. The van der Waals surface area contributed by atoms with Gasteiger partial charge in [0.25, 0.3) is 11.9 Å². The molecule has 1 atom stereocenters. The minimum atomic E-state index is -1.73. The number of hydrogen-bond donors (Lipinski definition) is 5. The summed E-state index contributed by atoms with van der Waals surface area (Å²) in [5.41, 5.74) is -0.111. The second kappa shape index (κ2) is 11.6. The van der Waals surface area contributed by atoms with Crippen molar-refractivity contribution in [1.29, 1.82) is 5.41 Å². The highest BCUT2D eigenvalue weighted by Gasteiger charge is 2.40. The van der Waals surface area contributed by atoms with E-state index in [1.54, 1.807) is 18.9 Å². The van der Waals surface area contributed by atoms with Gasteiger partial charge in [-0.25, -0.2) is 10.1 Å². The fourth-order valence-corrected chi connectivity index (χ4v) is 2.01. The first kappa shape index (κ1) is 23.1. The van der Waals surface area contributed by atoms with E-state index in [1.807, 2.05) is 13.8 Å². The van der Waals surface area contributed by atoms with Crippen molar-refractivity contribution in [3.8, 4) is 0 Å². The number of rotatable bonds is 11. The Balaban J connectivity index is 5.50. The molecule has 145 valence electrons. The number of carbonyl (C=O) groups is 2. The number of allylic oxidation sites excluding steroid dienone is 2. The molecule has 0 unspecified atom stereocenters. The van der Waals surface area contributed by atoms with Crippen molar-refractivity contribution < 1.29 is 14.6 Å². The fraction of sp³-hybridized carbons (Fsp3) is 0.500. The number of nitro groups is 1. The smallest absolute Gasteiger partial charge is 0.266 e. The largest absolute Gasteiger partial charge is 0.348 e. The average molecular weight is 367 g/mol. The Labute approximate surface area is 153 Å². The Morgan fingerprint density at radius 1 is 1.35 bits per heavy atom. The van der Waals surface area contributed by atoms with Crippen LogP contribution in [-0.4, -0.2) is 28.5 Å². The normalized spacial score (nSPS) is 12.9. The molecule has 0 spiro atoms. The van der Waals surface area contributed by atoms with Crippen molar-refractivity contribution in [2.24, 2.45) is 5.92 Å². The molecule has 26 heavy (non-hydrogen) atoms. The summed E-state index contributed by atoms with van der Waals surface area (Å²) in [4.78, 5) is 35.3. The Bertz CT molecular complexity index is 561. The summed E-state index contributed by atoms with van der Waals surface area (Å²) < 4.78 is 0. The molecule has 0 saturated carbocycles. The van der Waals surface area contributed by atoms with Gasteiger partial charge in [0.05, 0.1) is 0 Å². The molecule has 0 aliphatic rings. The molecule has 0 aromatic rings. The van der Waals surface area contributed by atoms with Crippen LogP contribution in [0, 0.1) is 28.0 Å². The Kier molecular flexibility index (Phi) is 10.3. The lowest BCUT2D eigenvalue weighted by molar-refractivity contribution is -0.526. The van der Waals surface area contributed by atoms with Crippen LogP contribution in [0.1, 0.15) is 40.0 Å². The zero-order valence-electron chi connectivity index (χ0n) is 15.3. The van der Waals surface area contributed by atoms with E-state index in [0.29, 0.717) is 18.8 Å². The van der Waals surface area contributed by atoms with Crippen LogP contribution >= 0.6 is 0 Å². The molecule has 0 aromatic carbocycles. The van der Waals surface area contributed by atoms with E-state index in [9.17, 15) is 19.7 Å². The second-order valence-electron chi connectivity index (χ2n) is 5.92. The molecule has 0 aliphatic carbocycles. The van der Waals surface area contributed by atoms with Gasteiger partial charge in [-0.3, -0.25) is 15.0 Å². The second-order valence-corrected chi connectivity index (χ2v) is 5.92. The Morgan fingerprint density at radius 3 is 2.50 bits per heavy atom. The highest BCUT2D eigenvalue weighted by atomic mass is 16.7. The molecule has 2 amide bonds. The Hall–Kier alpha value is -2.91. The first-order valence-corrected chi connectivity index (χ1v) is 8.18. The predicted octanol–water partition coefficient (Wildman–Crippen LogP) is 0.971. The Morgan fingerprint density at radius 2 is 2.00 bits per heavy atom. The maximum Gasteiger partial charge on any atom is 0.266 e. The number of nitrogens with zero attached hydrogens (tertiary/aromatic N) is 1. The van der Waals surface area contributed by atoms with Crippen molar-refractivity contribution in [2.45, 2.75) is 45.7 Å². The third-order valence-corrected chi connectivity index (χ3v) is 3.10. The van der Waals surface area contributed by atoms with E-state index in [2.05, 4.69) is 22.5 Å². The van der Waals surface area contributed by atoms with Gasteiger partial charge >= 0.3 is 0 Å². The van der Waals surface area contributed by atoms with Crippen molar-refractivity contribution in [1.82, 2.24) is 21.4 Å². The number of guanidine groups is 1. The van der Waals surface area contributed by atoms with Gasteiger partial charge in [0.1, 0.15) is 0 Å². The lowest BCUT2D eigenvalue weighted by atomic mass is 10.0. The molecule has 10 heteroatoms. The van der Waals surface area contributed by atoms with Gasteiger partial charge in [-0.1, -0.05) is 51.3 Å². The molecule has 0 heterocycles. The van der Waals surface area contributed by atoms with Gasteiger partial charge in [0, 0.05) is 12.6 Å². The van der Waals surface area contributed by atoms with Crippen LogP contribution in [0.2, 0.25) is 0 Å². The third kappa shape index (κ3) is 8.81. The predicted molar refractivity (Wildman–Crippen MR) is 98.0 cm³/mol. The van der Waals surface area contributed by atoms with E-state index in [0.717, 1.165) is 6.08 Å². The van der Waals surface area contributed by atoms with Crippen LogP contribution in [-0.2, 0) is 9.59 Å².